The fourth-order valence-corrected chi connectivity index (χ4v) is 1.75. The highest BCUT2D eigenvalue weighted by Gasteiger charge is 2.30. The molecule has 0 aliphatic carbocycles. The predicted octanol–water partition coefficient (Wildman–Crippen LogP) is 2.03. The molecule has 0 spiro atoms. The van der Waals surface area contributed by atoms with E-state index < -0.39 is 11.7 Å². The Hall–Kier alpha value is -1.80. The van der Waals surface area contributed by atoms with Gasteiger partial charge in [0.15, 0.2) is 5.96 Å². The summed E-state index contributed by atoms with van der Waals surface area (Å²) in [6.07, 6.45) is -4.34. The van der Waals surface area contributed by atoms with Gasteiger partial charge in [-0.2, -0.15) is 13.2 Å². The third-order valence-electron chi connectivity index (χ3n) is 2.91. The van der Waals surface area contributed by atoms with E-state index in [1.54, 1.807) is 20.2 Å². The van der Waals surface area contributed by atoms with Crippen LogP contribution in [0, 0.1) is 0 Å². The van der Waals surface area contributed by atoms with Gasteiger partial charge < -0.3 is 20.1 Å². The van der Waals surface area contributed by atoms with E-state index in [0.717, 1.165) is 12.1 Å². The van der Waals surface area contributed by atoms with Crippen LogP contribution >= 0.6 is 0 Å². The minimum Gasteiger partial charge on any atom is -0.382 e. The Morgan fingerprint density at radius 1 is 1.17 bits per heavy atom. The summed E-state index contributed by atoms with van der Waals surface area (Å²) in [7, 11) is 3.19. The van der Waals surface area contributed by atoms with E-state index >= 15 is 0 Å². The van der Waals surface area contributed by atoms with Crippen molar-refractivity contribution in [2.45, 2.75) is 12.7 Å². The zero-order valence-electron chi connectivity index (χ0n) is 13.2. The lowest BCUT2D eigenvalue weighted by Crippen LogP contribution is -2.38. The number of nitrogens with one attached hydrogen (secondary N) is 2. The molecule has 0 radical (unpaired) electrons. The maximum Gasteiger partial charge on any atom is 0.416 e. The molecule has 1 rings (SSSR count). The second kappa shape index (κ2) is 10.1. The van der Waals surface area contributed by atoms with Crippen molar-refractivity contribution in [3.63, 3.8) is 0 Å². The number of rotatable bonds is 8. The number of hydrogen-bond donors (Lipinski definition) is 2. The monoisotopic (exact) mass is 333 g/mol. The summed E-state index contributed by atoms with van der Waals surface area (Å²) < 4.78 is 48.1. The number of benzene rings is 1. The van der Waals surface area contributed by atoms with Gasteiger partial charge in [0, 0.05) is 27.2 Å². The molecule has 0 bridgehead atoms. The maximum atomic E-state index is 12.6. The minimum atomic E-state index is -4.34. The first-order valence-electron chi connectivity index (χ1n) is 7.14. The lowest BCUT2D eigenvalue weighted by Gasteiger charge is -2.13. The van der Waals surface area contributed by atoms with Crippen molar-refractivity contribution in [2.75, 3.05) is 40.5 Å². The van der Waals surface area contributed by atoms with E-state index in [2.05, 4.69) is 15.6 Å². The first-order valence-corrected chi connectivity index (χ1v) is 7.14. The molecule has 0 saturated carbocycles. The van der Waals surface area contributed by atoms with Crippen LogP contribution in [0.2, 0.25) is 0 Å². The number of ether oxygens (including phenoxy) is 2. The van der Waals surface area contributed by atoms with Crippen LogP contribution in [0.1, 0.15) is 11.1 Å². The van der Waals surface area contributed by atoms with Gasteiger partial charge in [-0.25, -0.2) is 0 Å². The minimum absolute atomic E-state index is 0.244. The molecule has 0 atom stereocenters. The van der Waals surface area contributed by atoms with Gasteiger partial charge in [-0.05, 0) is 17.7 Å². The first kappa shape index (κ1) is 19.2. The summed E-state index contributed by atoms with van der Waals surface area (Å²) in [4.78, 5) is 4.00. The van der Waals surface area contributed by atoms with E-state index in [1.807, 2.05) is 0 Å². The average molecular weight is 333 g/mol. The fourth-order valence-electron chi connectivity index (χ4n) is 1.75. The summed E-state index contributed by atoms with van der Waals surface area (Å²) in [5.74, 6) is 0.498. The first-order chi connectivity index (χ1) is 11.0. The second-order valence-electron chi connectivity index (χ2n) is 4.66. The summed E-state index contributed by atoms with van der Waals surface area (Å²) in [5, 5.41) is 5.97. The molecule has 8 heteroatoms. The van der Waals surface area contributed by atoms with Crippen LogP contribution in [0.3, 0.4) is 0 Å². The third kappa shape index (κ3) is 7.85. The quantitative estimate of drug-likeness (QED) is 0.434. The van der Waals surface area contributed by atoms with Gasteiger partial charge in [-0.3, -0.25) is 4.99 Å². The van der Waals surface area contributed by atoms with E-state index in [9.17, 15) is 13.2 Å². The van der Waals surface area contributed by atoms with Gasteiger partial charge in [0.25, 0.3) is 0 Å². The Labute approximate surface area is 133 Å². The molecular weight excluding hydrogens is 311 g/mol. The van der Waals surface area contributed by atoms with Crippen molar-refractivity contribution in [3.8, 4) is 0 Å². The van der Waals surface area contributed by atoms with Crippen LogP contribution in [0.4, 0.5) is 13.2 Å². The van der Waals surface area contributed by atoms with Gasteiger partial charge in [-0.1, -0.05) is 12.1 Å². The fraction of sp³-hybridized carbons (Fsp3) is 0.533. The molecule has 23 heavy (non-hydrogen) atoms. The molecule has 0 saturated heterocycles. The van der Waals surface area contributed by atoms with Gasteiger partial charge >= 0.3 is 6.18 Å². The topological polar surface area (TPSA) is 54.9 Å². The smallest absolute Gasteiger partial charge is 0.382 e. The van der Waals surface area contributed by atoms with Crippen molar-refractivity contribution >= 4 is 5.96 Å². The van der Waals surface area contributed by atoms with Gasteiger partial charge in [0.2, 0.25) is 0 Å². The number of hydrogen-bond acceptors (Lipinski definition) is 3. The van der Waals surface area contributed by atoms with E-state index in [0.29, 0.717) is 37.9 Å². The van der Waals surface area contributed by atoms with Gasteiger partial charge in [0.1, 0.15) is 0 Å². The molecule has 0 aliphatic heterocycles. The van der Waals surface area contributed by atoms with Crippen LogP contribution in [0.25, 0.3) is 0 Å². The van der Waals surface area contributed by atoms with Crippen LogP contribution in [-0.4, -0.2) is 46.5 Å². The average Bonchev–Trinajstić information content (AvgIpc) is 2.53. The van der Waals surface area contributed by atoms with Gasteiger partial charge in [0.05, 0.1) is 25.4 Å². The predicted molar refractivity (Wildman–Crippen MR) is 82.3 cm³/mol. The largest absolute Gasteiger partial charge is 0.416 e. The van der Waals surface area contributed by atoms with Crippen LogP contribution in [-0.2, 0) is 22.2 Å². The number of methoxy groups -OCH3 is 1. The van der Waals surface area contributed by atoms with Crippen molar-refractivity contribution < 1.29 is 22.6 Å². The molecule has 1 aromatic carbocycles. The third-order valence-corrected chi connectivity index (χ3v) is 2.91. The highest BCUT2D eigenvalue weighted by atomic mass is 19.4. The molecule has 0 aromatic heterocycles. The Morgan fingerprint density at radius 3 is 2.61 bits per heavy atom. The second-order valence-corrected chi connectivity index (χ2v) is 4.66. The summed E-state index contributed by atoms with van der Waals surface area (Å²) in [6.45, 7) is 2.30. The molecule has 0 aliphatic rings. The van der Waals surface area contributed by atoms with Crippen LogP contribution in [0.5, 0.6) is 0 Å². The Bertz CT molecular complexity index is 493. The van der Waals surface area contributed by atoms with E-state index in [-0.39, 0.29) is 6.54 Å². The molecule has 5 nitrogen and oxygen atoms in total. The number of aliphatic imine (C=N–C) groups is 1. The van der Waals surface area contributed by atoms with Crippen molar-refractivity contribution in [3.05, 3.63) is 35.4 Å². The Morgan fingerprint density at radius 2 is 1.96 bits per heavy atom. The normalized spacial score (nSPS) is 12.3. The van der Waals surface area contributed by atoms with E-state index in [1.165, 1.54) is 6.07 Å². The number of alkyl halides is 3. The molecule has 0 amide bonds. The van der Waals surface area contributed by atoms with Gasteiger partial charge in [-0.15, -0.1) is 0 Å². The van der Waals surface area contributed by atoms with Crippen LogP contribution in [0.15, 0.2) is 29.3 Å². The number of nitrogens with zero attached hydrogens (tertiary/aromatic N) is 1. The molecule has 0 unspecified atom stereocenters. The SMILES string of the molecule is CN=C(NCCOCCOC)NCc1cccc(C(F)(F)F)c1. The lowest BCUT2D eigenvalue weighted by atomic mass is 10.1. The van der Waals surface area contributed by atoms with Crippen molar-refractivity contribution in [1.82, 2.24) is 10.6 Å². The van der Waals surface area contributed by atoms with Crippen molar-refractivity contribution in [2.24, 2.45) is 4.99 Å². The maximum absolute atomic E-state index is 12.6. The molecule has 130 valence electrons. The van der Waals surface area contributed by atoms with E-state index in [4.69, 9.17) is 9.47 Å². The standard InChI is InChI=1S/C15H22F3N3O2/c1-19-14(20-6-7-23-9-8-22-2)21-11-12-4-3-5-13(10-12)15(16,17)18/h3-5,10H,6-9,11H2,1-2H3,(H2,19,20,21). The zero-order valence-corrected chi connectivity index (χ0v) is 13.2. The van der Waals surface area contributed by atoms with Crippen molar-refractivity contribution in [1.29, 1.82) is 0 Å². The lowest BCUT2D eigenvalue weighted by molar-refractivity contribution is -0.137. The zero-order chi connectivity index (χ0) is 17.1. The molecular formula is C15H22F3N3O2. The molecule has 1 aromatic rings. The number of halogens is 3. The van der Waals surface area contributed by atoms with Crippen LogP contribution < -0.4 is 10.6 Å². The summed E-state index contributed by atoms with van der Waals surface area (Å²) in [5.41, 5.74) is -0.134. The summed E-state index contributed by atoms with van der Waals surface area (Å²) >= 11 is 0. The molecule has 2 N–H and O–H groups in total. The molecule has 0 fully saturated rings. The molecule has 0 heterocycles. The Balaban J connectivity index is 2.37. The highest BCUT2D eigenvalue weighted by molar-refractivity contribution is 5.79. The summed E-state index contributed by atoms with van der Waals surface area (Å²) in [6, 6.07) is 5.19. The number of guanidine groups is 1. The highest BCUT2D eigenvalue weighted by Crippen LogP contribution is 2.29. The Kier molecular flexibility index (Phi) is 8.42.